The minimum absolute atomic E-state index is 0. The summed E-state index contributed by atoms with van der Waals surface area (Å²) in [6, 6.07) is 4.76. The molecule has 150 valence electrons. The van der Waals surface area contributed by atoms with Gasteiger partial charge < -0.3 is 20.9 Å². The monoisotopic (exact) mass is 489 g/mol. The summed E-state index contributed by atoms with van der Waals surface area (Å²) in [6.07, 6.45) is 2.69. The van der Waals surface area contributed by atoms with E-state index >= 15 is 0 Å². The topological polar surface area (TPSA) is 81.3 Å². The largest absolute Gasteiger partial charge is 0.361 e. The number of amides is 1. The summed E-state index contributed by atoms with van der Waals surface area (Å²) in [4.78, 5) is 19.1. The summed E-state index contributed by atoms with van der Waals surface area (Å²) in [6.45, 7) is 7.47. The highest BCUT2D eigenvalue weighted by Gasteiger charge is 2.20. The van der Waals surface area contributed by atoms with Gasteiger partial charge in [0.2, 0.25) is 5.91 Å². The second kappa shape index (κ2) is 10.5. The van der Waals surface area contributed by atoms with Crippen molar-refractivity contribution in [2.24, 2.45) is 10.4 Å². The molecule has 0 fully saturated rings. The van der Waals surface area contributed by atoms with Gasteiger partial charge in [0.1, 0.15) is 5.82 Å². The molecule has 0 spiro atoms. The molecule has 0 aliphatic heterocycles. The summed E-state index contributed by atoms with van der Waals surface area (Å²) in [7, 11) is 1.71. The van der Waals surface area contributed by atoms with Crippen molar-refractivity contribution in [3.8, 4) is 0 Å². The maximum atomic E-state index is 13.2. The van der Waals surface area contributed by atoms with Gasteiger partial charge in [-0.25, -0.2) is 4.39 Å². The van der Waals surface area contributed by atoms with Crippen molar-refractivity contribution in [1.82, 2.24) is 20.9 Å². The molecule has 1 aromatic carbocycles. The van der Waals surface area contributed by atoms with Crippen molar-refractivity contribution >= 4 is 46.7 Å². The standard InChI is InChI=1S/C19H28FN5O.HI/c1-19(2,3)17(26)22-9-10-24-18(21-4)23-8-7-13-12-25-16-11-14(20)5-6-15(13)16;/h5-6,11-12,25H,7-10H2,1-4H3,(H,22,26)(H2,21,23,24);1H. The van der Waals surface area contributed by atoms with Crippen LogP contribution in [0.5, 0.6) is 0 Å². The quantitative estimate of drug-likeness (QED) is 0.218. The number of carbonyl (C=O) groups excluding carboxylic acids is 1. The van der Waals surface area contributed by atoms with E-state index in [-0.39, 0.29) is 41.1 Å². The highest BCUT2D eigenvalue weighted by molar-refractivity contribution is 14.0. The summed E-state index contributed by atoms with van der Waals surface area (Å²) in [5.74, 6) is 0.464. The van der Waals surface area contributed by atoms with Crippen LogP contribution < -0.4 is 16.0 Å². The zero-order chi connectivity index (χ0) is 19.2. The predicted octanol–water partition coefficient (Wildman–Crippen LogP) is 2.79. The van der Waals surface area contributed by atoms with Gasteiger partial charge in [-0.15, -0.1) is 24.0 Å². The van der Waals surface area contributed by atoms with E-state index in [9.17, 15) is 9.18 Å². The van der Waals surface area contributed by atoms with Crippen molar-refractivity contribution in [3.05, 3.63) is 35.8 Å². The first-order valence-electron chi connectivity index (χ1n) is 8.79. The Morgan fingerprint density at radius 3 is 2.48 bits per heavy atom. The highest BCUT2D eigenvalue weighted by Crippen LogP contribution is 2.19. The Bertz CT molecular complexity index is 782. The van der Waals surface area contributed by atoms with Gasteiger partial charge in [0, 0.05) is 49.2 Å². The Labute approximate surface area is 176 Å². The van der Waals surface area contributed by atoms with Crippen LogP contribution >= 0.6 is 24.0 Å². The highest BCUT2D eigenvalue weighted by atomic mass is 127. The number of hydrogen-bond acceptors (Lipinski definition) is 2. The average Bonchev–Trinajstić information content (AvgIpc) is 2.97. The van der Waals surface area contributed by atoms with Gasteiger partial charge in [-0.05, 0) is 30.2 Å². The van der Waals surface area contributed by atoms with Crippen LogP contribution in [0.3, 0.4) is 0 Å². The molecular formula is C19H29FIN5O. The van der Waals surface area contributed by atoms with E-state index in [1.54, 1.807) is 13.1 Å². The summed E-state index contributed by atoms with van der Waals surface area (Å²) < 4.78 is 13.2. The maximum Gasteiger partial charge on any atom is 0.225 e. The van der Waals surface area contributed by atoms with E-state index in [1.165, 1.54) is 12.1 Å². The molecule has 0 atom stereocenters. The van der Waals surface area contributed by atoms with E-state index in [1.807, 2.05) is 27.0 Å². The molecule has 0 bridgehead atoms. The van der Waals surface area contributed by atoms with Crippen molar-refractivity contribution in [3.63, 3.8) is 0 Å². The molecule has 0 unspecified atom stereocenters. The molecule has 4 N–H and O–H groups in total. The van der Waals surface area contributed by atoms with Gasteiger partial charge in [-0.2, -0.15) is 0 Å². The third kappa shape index (κ3) is 7.00. The number of guanidine groups is 1. The van der Waals surface area contributed by atoms with Crippen LogP contribution in [0.4, 0.5) is 4.39 Å². The third-order valence-electron chi connectivity index (χ3n) is 4.02. The number of nitrogens with zero attached hydrogens (tertiary/aromatic N) is 1. The molecule has 8 heteroatoms. The van der Waals surface area contributed by atoms with Gasteiger partial charge in [0.05, 0.1) is 0 Å². The van der Waals surface area contributed by atoms with Crippen LogP contribution in [-0.4, -0.2) is 43.5 Å². The SMILES string of the molecule is CN=C(NCCNC(=O)C(C)(C)C)NCCc1c[nH]c2cc(F)ccc12.I. The van der Waals surface area contributed by atoms with Crippen molar-refractivity contribution in [2.75, 3.05) is 26.7 Å². The Kier molecular flexibility index (Phi) is 9.01. The minimum atomic E-state index is -0.387. The van der Waals surface area contributed by atoms with E-state index in [0.29, 0.717) is 25.6 Å². The molecule has 0 aliphatic rings. The molecule has 1 amide bonds. The van der Waals surface area contributed by atoms with Crippen LogP contribution in [0.1, 0.15) is 26.3 Å². The van der Waals surface area contributed by atoms with Crippen LogP contribution in [0.2, 0.25) is 0 Å². The minimum Gasteiger partial charge on any atom is -0.361 e. The Morgan fingerprint density at radius 1 is 1.15 bits per heavy atom. The molecule has 0 radical (unpaired) electrons. The summed E-state index contributed by atoms with van der Waals surface area (Å²) in [5, 5.41) is 10.3. The smallest absolute Gasteiger partial charge is 0.225 e. The first kappa shape index (κ1) is 23.2. The summed E-state index contributed by atoms with van der Waals surface area (Å²) >= 11 is 0. The lowest BCUT2D eigenvalue weighted by atomic mass is 9.96. The van der Waals surface area contributed by atoms with E-state index in [2.05, 4.69) is 25.9 Å². The fraction of sp³-hybridized carbons (Fsp3) is 0.474. The number of carbonyl (C=O) groups is 1. The van der Waals surface area contributed by atoms with Crippen molar-refractivity contribution in [1.29, 1.82) is 0 Å². The molecular weight excluding hydrogens is 460 g/mol. The number of fused-ring (bicyclic) bond motifs is 1. The van der Waals surface area contributed by atoms with Crippen LogP contribution in [0.25, 0.3) is 10.9 Å². The molecule has 6 nitrogen and oxygen atoms in total. The van der Waals surface area contributed by atoms with Gasteiger partial charge in [-0.1, -0.05) is 20.8 Å². The second-order valence-corrected chi connectivity index (χ2v) is 7.19. The van der Waals surface area contributed by atoms with Crippen molar-refractivity contribution < 1.29 is 9.18 Å². The molecule has 0 aliphatic carbocycles. The number of rotatable bonds is 6. The number of aromatic nitrogens is 1. The number of aromatic amines is 1. The molecule has 0 saturated carbocycles. The Morgan fingerprint density at radius 2 is 1.81 bits per heavy atom. The number of nitrogens with one attached hydrogen (secondary N) is 4. The van der Waals surface area contributed by atoms with Gasteiger partial charge in [-0.3, -0.25) is 9.79 Å². The molecule has 2 rings (SSSR count). The lowest BCUT2D eigenvalue weighted by Crippen LogP contribution is -2.43. The first-order valence-corrected chi connectivity index (χ1v) is 8.79. The van der Waals surface area contributed by atoms with Crippen LogP contribution in [0, 0.1) is 11.2 Å². The first-order chi connectivity index (χ1) is 12.3. The Balaban J connectivity index is 0.00000364. The fourth-order valence-electron chi connectivity index (χ4n) is 2.52. The zero-order valence-corrected chi connectivity index (χ0v) is 18.6. The zero-order valence-electron chi connectivity index (χ0n) is 16.3. The van der Waals surface area contributed by atoms with E-state index < -0.39 is 0 Å². The molecule has 2 aromatic rings. The van der Waals surface area contributed by atoms with Gasteiger partial charge >= 0.3 is 0 Å². The van der Waals surface area contributed by atoms with E-state index in [4.69, 9.17) is 0 Å². The third-order valence-corrected chi connectivity index (χ3v) is 4.02. The maximum absolute atomic E-state index is 13.2. The average molecular weight is 489 g/mol. The number of benzene rings is 1. The number of H-pyrrole nitrogens is 1. The fourth-order valence-corrected chi connectivity index (χ4v) is 2.52. The van der Waals surface area contributed by atoms with Crippen LogP contribution in [0.15, 0.2) is 29.4 Å². The van der Waals surface area contributed by atoms with E-state index in [0.717, 1.165) is 22.9 Å². The van der Waals surface area contributed by atoms with Gasteiger partial charge in [0.25, 0.3) is 0 Å². The normalized spacial score (nSPS) is 11.8. The molecule has 1 aromatic heterocycles. The lowest BCUT2D eigenvalue weighted by Gasteiger charge is -2.18. The number of halogens is 2. The van der Waals surface area contributed by atoms with Crippen molar-refractivity contribution in [2.45, 2.75) is 27.2 Å². The molecule has 1 heterocycles. The van der Waals surface area contributed by atoms with Gasteiger partial charge in [0.15, 0.2) is 5.96 Å². The second-order valence-electron chi connectivity index (χ2n) is 7.19. The predicted molar refractivity (Wildman–Crippen MR) is 119 cm³/mol. The summed E-state index contributed by atoms with van der Waals surface area (Å²) in [5.41, 5.74) is 1.54. The molecule has 27 heavy (non-hydrogen) atoms. The molecule has 0 saturated heterocycles. The van der Waals surface area contributed by atoms with Crippen LogP contribution in [-0.2, 0) is 11.2 Å². The lowest BCUT2D eigenvalue weighted by molar-refractivity contribution is -0.128. The Hall–Kier alpha value is -1.84. The number of aliphatic imine (C=N–C) groups is 1. The number of hydrogen-bond donors (Lipinski definition) is 4.